The van der Waals surface area contributed by atoms with Gasteiger partial charge in [-0.05, 0) is 0 Å². The van der Waals surface area contributed by atoms with Gasteiger partial charge in [-0.1, -0.05) is 0 Å². The number of aryl methyl sites for hydroxylation is 1. The van der Waals surface area contributed by atoms with E-state index in [1.165, 1.54) is 14.6 Å². The average Bonchev–Trinajstić information content (AvgIpc) is 2.17. The topological polar surface area (TPSA) is 49.1 Å². The third kappa shape index (κ3) is 1.02. The second-order valence-corrected chi connectivity index (χ2v) is 2.64. The molecule has 1 aromatic rings. The Morgan fingerprint density at radius 3 is 2.50 bits per heavy atom. The molecule has 0 spiro atoms. The van der Waals surface area contributed by atoms with Crippen LogP contribution < -0.4 is 10.4 Å². The van der Waals surface area contributed by atoms with Crippen LogP contribution >= 0.6 is 22.9 Å². The Morgan fingerprint density at radius 1 is 1.70 bits per heavy atom. The molecule has 0 aliphatic rings. The molecule has 10 heavy (non-hydrogen) atoms. The van der Waals surface area contributed by atoms with E-state index in [0.717, 1.165) is 0 Å². The highest BCUT2D eigenvalue weighted by Gasteiger charge is 2.06. The van der Waals surface area contributed by atoms with Crippen LogP contribution in [0.3, 0.4) is 0 Å². The molecule has 1 rings (SSSR count). The molecule has 5 nitrogen and oxygen atoms in total. The van der Waals surface area contributed by atoms with Crippen molar-refractivity contribution in [2.45, 2.75) is 0 Å². The van der Waals surface area contributed by atoms with Crippen LogP contribution in [0.15, 0.2) is 4.79 Å². The lowest BCUT2D eigenvalue weighted by Gasteiger charge is -1.90. The minimum Gasteiger partial charge on any atom is -0.466 e. The van der Waals surface area contributed by atoms with Gasteiger partial charge in [0.25, 0.3) is 0 Å². The molecule has 0 aliphatic heterocycles. The van der Waals surface area contributed by atoms with E-state index in [1.54, 1.807) is 7.05 Å². The molecule has 0 saturated heterocycles. The third-order valence-electron chi connectivity index (χ3n) is 1.03. The van der Waals surface area contributed by atoms with Gasteiger partial charge in [0.1, 0.15) is 0 Å². The number of nitrogens with zero attached hydrogens (tertiary/aromatic N) is 3. The summed E-state index contributed by atoms with van der Waals surface area (Å²) in [4.78, 5) is 10.9. The molecule has 0 saturated carbocycles. The zero-order valence-corrected chi connectivity index (χ0v) is 7.69. The van der Waals surface area contributed by atoms with Gasteiger partial charge >= 0.3 is 11.7 Å². The monoisotopic (exact) mass is 255 g/mol. The molecule has 0 aliphatic carbocycles. The van der Waals surface area contributed by atoms with E-state index in [9.17, 15) is 4.79 Å². The molecular weight excluding hydrogens is 249 g/mol. The van der Waals surface area contributed by atoms with E-state index in [4.69, 9.17) is 4.74 Å². The molecule has 0 amide bonds. The molecule has 0 radical (unpaired) electrons. The molecule has 0 aromatic carbocycles. The number of hydrogen-bond donors (Lipinski definition) is 0. The Labute approximate surface area is 71.1 Å². The standard InChI is InChI=1S/C4H6IN3O2/c1-7-4(9)8(5)3(6-7)10-2/h1-2H3. The Hall–Kier alpha value is -0.530. The molecule has 0 bridgehead atoms. The van der Waals surface area contributed by atoms with E-state index in [1.807, 2.05) is 22.9 Å². The number of rotatable bonds is 1. The van der Waals surface area contributed by atoms with Crippen molar-refractivity contribution in [3.63, 3.8) is 0 Å². The lowest BCUT2D eigenvalue weighted by atomic mass is 11.1. The van der Waals surface area contributed by atoms with Gasteiger partial charge in [-0.2, -0.15) is 2.78 Å². The second-order valence-electron chi connectivity index (χ2n) is 1.67. The first-order chi connectivity index (χ1) is 4.66. The van der Waals surface area contributed by atoms with Gasteiger partial charge in [-0.15, -0.1) is 5.10 Å². The van der Waals surface area contributed by atoms with Crippen molar-refractivity contribution in [1.29, 1.82) is 0 Å². The Kier molecular flexibility index (Phi) is 1.97. The third-order valence-corrected chi connectivity index (χ3v) is 1.86. The van der Waals surface area contributed by atoms with Crippen LogP contribution in [0.2, 0.25) is 0 Å². The Bertz CT molecular complexity index is 289. The summed E-state index contributed by atoms with van der Waals surface area (Å²) in [5.41, 5.74) is -0.197. The van der Waals surface area contributed by atoms with Crippen LogP contribution in [0.1, 0.15) is 0 Å². The summed E-state index contributed by atoms with van der Waals surface area (Å²) in [5, 5.41) is 3.77. The fourth-order valence-electron chi connectivity index (χ4n) is 0.540. The van der Waals surface area contributed by atoms with Crippen LogP contribution in [-0.4, -0.2) is 19.7 Å². The van der Waals surface area contributed by atoms with E-state index >= 15 is 0 Å². The van der Waals surface area contributed by atoms with Crippen molar-refractivity contribution < 1.29 is 4.74 Å². The maximum Gasteiger partial charge on any atom is 0.357 e. The summed E-state index contributed by atoms with van der Waals surface area (Å²) in [6.07, 6.45) is 0. The highest BCUT2D eigenvalue weighted by atomic mass is 127. The number of ether oxygens (including phenoxy) is 1. The summed E-state index contributed by atoms with van der Waals surface area (Å²) in [6.45, 7) is 0. The van der Waals surface area contributed by atoms with Crippen molar-refractivity contribution >= 4 is 22.9 Å². The van der Waals surface area contributed by atoms with Crippen molar-refractivity contribution in [2.75, 3.05) is 7.11 Å². The van der Waals surface area contributed by atoms with Gasteiger partial charge in [-0.3, -0.25) is 0 Å². The number of hydrogen-bond acceptors (Lipinski definition) is 3. The maximum atomic E-state index is 10.9. The lowest BCUT2D eigenvalue weighted by Crippen LogP contribution is -2.17. The normalized spacial score (nSPS) is 9.90. The quantitative estimate of drug-likeness (QED) is 0.652. The summed E-state index contributed by atoms with van der Waals surface area (Å²) < 4.78 is 7.29. The zero-order valence-electron chi connectivity index (χ0n) is 5.54. The minimum absolute atomic E-state index is 0.197. The predicted octanol–water partition coefficient (Wildman–Crippen LogP) is -0.212. The van der Waals surface area contributed by atoms with Crippen LogP contribution in [0.25, 0.3) is 0 Å². The molecule has 0 N–H and O–H groups in total. The van der Waals surface area contributed by atoms with Gasteiger partial charge in [0.2, 0.25) is 0 Å². The van der Waals surface area contributed by atoms with Gasteiger partial charge in [-0.25, -0.2) is 9.48 Å². The van der Waals surface area contributed by atoms with Crippen molar-refractivity contribution in [3.8, 4) is 6.01 Å². The van der Waals surface area contributed by atoms with Crippen molar-refractivity contribution in [2.24, 2.45) is 7.05 Å². The van der Waals surface area contributed by atoms with Gasteiger partial charge < -0.3 is 4.74 Å². The highest BCUT2D eigenvalue weighted by molar-refractivity contribution is 14.1. The van der Waals surface area contributed by atoms with Crippen molar-refractivity contribution in [1.82, 2.24) is 12.6 Å². The molecular formula is C4H6IN3O2. The highest BCUT2D eigenvalue weighted by Crippen LogP contribution is 2.04. The molecule has 0 atom stereocenters. The SMILES string of the molecule is COc1nn(C)c(=O)n1I. The molecule has 1 aromatic heterocycles. The zero-order chi connectivity index (χ0) is 7.72. The van der Waals surface area contributed by atoms with Crippen LogP contribution in [0, 0.1) is 0 Å². The second kappa shape index (κ2) is 2.60. The first-order valence-electron chi connectivity index (χ1n) is 2.53. The molecule has 0 fully saturated rings. The lowest BCUT2D eigenvalue weighted by molar-refractivity contribution is 0.376. The minimum atomic E-state index is -0.197. The molecule has 6 heteroatoms. The van der Waals surface area contributed by atoms with Crippen LogP contribution in [0.5, 0.6) is 6.01 Å². The fraction of sp³-hybridized carbons (Fsp3) is 0.500. The van der Waals surface area contributed by atoms with Crippen molar-refractivity contribution in [3.05, 3.63) is 10.5 Å². The average molecular weight is 255 g/mol. The van der Waals surface area contributed by atoms with Gasteiger partial charge in [0.15, 0.2) is 0 Å². The smallest absolute Gasteiger partial charge is 0.357 e. The van der Waals surface area contributed by atoms with Crippen LogP contribution in [0.4, 0.5) is 0 Å². The summed E-state index contributed by atoms with van der Waals surface area (Å²) in [7, 11) is 3.04. The van der Waals surface area contributed by atoms with Crippen LogP contribution in [-0.2, 0) is 7.05 Å². The largest absolute Gasteiger partial charge is 0.466 e. The van der Waals surface area contributed by atoms with E-state index in [-0.39, 0.29) is 5.69 Å². The Morgan fingerprint density at radius 2 is 2.30 bits per heavy atom. The molecule has 56 valence electrons. The van der Waals surface area contributed by atoms with Gasteiger partial charge in [0.05, 0.1) is 30.0 Å². The maximum absolute atomic E-state index is 10.9. The van der Waals surface area contributed by atoms with E-state index < -0.39 is 0 Å². The van der Waals surface area contributed by atoms with E-state index in [2.05, 4.69) is 5.10 Å². The number of halogens is 1. The predicted molar refractivity (Wildman–Crippen MR) is 43.4 cm³/mol. The molecule has 1 heterocycles. The fourth-order valence-corrected chi connectivity index (χ4v) is 1.15. The summed E-state index contributed by atoms with van der Waals surface area (Å²) >= 11 is 1.82. The molecule has 0 unspecified atom stereocenters. The summed E-state index contributed by atoms with van der Waals surface area (Å²) in [5.74, 6) is 0. The first kappa shape index (κ1) is 7.58. The first-order valence-corrected chi connectivity index (χ1v) is 3.49. The number of aromatic nitrogens is 3. The Balaban J connectivity index is 3.31. The van der Waals surface area contributed by atoms with E-state index in [0.29, 0.717) is 6.01 Å². The number of methoxy groups -OCH3 is 1. The summed E-state index contributed by atoms with van der Waals surface area (Å²) in [6, 6.07) is 0.313. The van der Waals surface area contributed by atoms with Gasteiger partial charge in [0, 0.05) is 7.05 Å².